The summed E-state index contributed by atoms with van der Waals surface area (Å²) >= 11 is 0. The van der Waals surface area contributed by atoms with Crippen LogP contribution in [0.15, 0.2) is 0 Å². The molecule has 2 aliphatic heterocycles. The minimum atomic E-state index is 0.0547. The zero-order valence-corrected chi connectivity index (χ0v) is 10.1. The van der Waals surface area contributed by atoms with Crippen molar-refractivity contribution in [1.29, 1.82) is 0 Å². The van der Waals surface area contributed by atoms with E-state index in [4.69, 9.17) is 4.74 Å². The fourth-order valence-electron chi connectivity index (χ4n) is 2.48. The van der Waals surface area contributed by atoms with Crippen molar-refractivity contribution in [3.8, 4) is 0 Å². The number of nitrogens with zero attached hydrogens (tertiary/aromatic N) is 1. The van der Waals surface area contributed by atoms with Crippen LogP contribution in [0.2, 0.25) is 0 Å². The van der Waals surface area contributed by atoms with Gasteiger partial charge in [0.2, 0.25) is 5.91 Å². The van der Waals surface area contributed by atoms with Gasteiger partial charge < -0.3 is 15.0 Å². The summed E-state index contributed by atoms with van der Waals surface area (Å²) in [5, 5.41) is 3.32. The lowest BCUT2D eigenvalue weighted by Crippen LogP contribution is -2.49. The number of piperidine rings is 1. The quantitative estimate of drug-likeness (QED) is 0.718. The van der Waals surface area contributed by atoms with E-state index in [1.165, 1.54) is 12.8 Å². The first-order valence-electron chi connectivity index (χ1n) is 6.41. The molecule has 1 unspecified atom stereocenters. The summed E-state index contributed by atoms with van der Waals surface area (Å²) < 4.78 is 5.56. The number of hydrogen-bond donors (Lipinski definition) is 1. The van der Waals surface area contributed by atoms with Crippen LogP contribution in [-0.4, -0.2) is 49.2 Å². The summed E-state index contributed by atoms with van der Waals surface area (Å²) in [5.41, 5.74) is 0. The van der Waals surface area contributed by atoms with Gasteiger partial charge in [0.25, 0.3) is 0 Å². The Bertz CT molecular complexity index is 239. The summed E-state index contributed by atoms with van der Waals surface area (Å²) in [5.74, 6) is 0.275. The van der Waals surface area contributed by atoms with E-state index in [0.29, 0.717) is 0 Å². The van der Waals surface area contributed by atoms with E-state index in [0.717, 1.165) is 39.1 Å². The molecule has 0 aliphatic carbocycles. The van der Waals surface area contributed by atoms with Crippen LogP contribution < -0.4 is 5.32 Å². The average Bonchev–Trinajstić information content (AvgIpc) is 2.54. The third kappa shape index (κ3) is 2.95. The first kappa shape index (κ1) is 11.9. The van der Waals surface area contributed by atoms with Crippen molar-refractivity contribution in [2.24, 2.45) is 0 Å². The van der Waals surface area contributed by atoms with Crippen LogP contribution in [0.4, 0.5) is 0 Å². The molecule has 2 rings (SSSR count). The molecule has 92 valence electrons. The summed E-state index contributed by atoms with van der Waals surface area (Å²) in [4.78, 5) is 14.2. The van der Waals surface area contributed by atoms with Crippen molar-refractivity contribution in [1.82, 2.24) is 10.2 Å². The van der Waals surface area contributed by atoms with Gasteiger partial charge in [0.1, 0.15) is 0 Å². The van der Waals surface area contributed by atoms with Gasteiger partial charge in [-0.3, -0.25) is 4.79 Å². The van der Waals surface area contributed by atoms with Crippen LogP contribution >= 0.6 is 0 Å². The van der Waals surface area contributed by atoms with E-state index < -0.39 is 0 Å². The second-order valence-electron chi connectivity index (χ2n) is 4.82. The van der Waals surface area contributed by atoms with E-state index in [9.17, 15) is 4.79 Å². The Labute approximate surface area is 97.3 Å². The van der Waals surface area contributed by atoms with Crippen molar-refractivity contribution >= 4 is 5.91 Å². The molecular formula is C12H22N2O2. The average molecular weight is 226 g/mol. The molecule has 16 heavy (non-hydrogen) atoms. The SMILES string of the molecule is CC1CN(C(=O)[C@@H]2CCCCN2)CCCO1. The molecule has 0 aromatic rings. The van der Waals surface area contributed by atoms with Gasteiger partial charge in [0, 0.05) is 19.7 Å². The Balaban J connectivity index is 1.91. The van der Waals surface area contributed by atoms with Gasteiger partial charge in [0.05, 0.1) is 12.1 Å². The minimum Gasteiger partial charge on any atom is -0.377 e. The third-order valence-electron chi connectivity index (χ3n) is 3.37. The molecule has 0 aromatic carbocycles. The van der Waals surface area contributed by atoms with Gasteiger partial charge in [-0.05, 0) is 32.7 Å². The van der Waals surface area contributed by atoms with Crippen LogP contribution in [0.3, 0.4) is 0 Å². The molecule has 0 bridgehead atoms. The standard InChI is InChI=1S/C12H22N2O2/c1-10-9-14(7-4-8-16-10)12(15)11-5-2-3-6-13-11/h10-11,13H,2-9H2,1H3/t10?,11-/m0/s1. The number of amides is 1. The number of rotatable bonds is 1. The van der Waals surface area contributed by atoms with Gasteiger partial charge in [-0.1, -0.05) is 6.42 Å². The van der Waals surface area contributed by atoms with Gasteiger partial charge in [0.15, 0.2) is 0 Å². The highest BCUT2D eigenvalue weighted by Crippen LogP contribution is 2.12. The fourth-order valence-corrected chi connectivity index (χ4v) is 2.48. The van der Waals surface area contributed by atoms with E-state index in [1.807, 2.05) is 11.8 Å². The maximum absolute atomic E-state index is 12.3. The molecule has 0 saturated carbocycles. The van der Waals surface area contributed by atoms with E-state index in [-0.39, 0.29) is 18.1 Å². The number of carbonyl (C=O) groups excluding carboxylic acids is 1. The number of hydrogen-bond acceptors (Lipinski definition) is 3. The van der Waals surface area contributed by atoms with Crippen molar-refractivity contribution in [2.45, 2.75) is 44.8 Å². The normalized spacial score (nSPS) is 32.2. The summed E-state index contributed by atoms with van der Waals surface area (Å²) in [7, 11) is 0. The van der Waals surface area contributed by atoms with Gasteiger partial charge in [-0.15, -0.1) is 0 Å². The molecule has 0 spiro atoms. The number of carbonyl (C=O) groups is 1. The lowest BCUT2D eigenvalue weighted by atomic mass is 10.0. The van der Waals surface area contributed by atoms with Crippen molar-refractivity contribution in [2.75, 3.05) is 26.2 Å². The summed E-state index contributed by atoms with van der Waals surface area (Å²) in [6.07, 6.45) is 4.50. The van der Waals surface area contributed by atoms with Crippen LogP contribution in [-0.2, 0) is 9.53 Å². The molecule has 2 heterocycles. The predicted octanol–water partition coefficient (Wildman–Crippen LogP) is 0.766. The van der Waals surface area contributed by atoms with E-state index >= 15 is 0 Å². The number of nitrogens with one attached hydrogen (secondary N) is 1. The van der Waals surface area contributed by atoms with E-state index in [1.54, 1.807) is 0 Å². The molecule has 1 N–H and O–H groups in total. The topological polar surface area (TPSA) is 41.6 Å². The Morgan fingerprint density at radius 3 is 3.00 bits per heavy atom. The van der Waals surface area contributed by atoms with Crippen LogP contribution in [0.1, 0.15) is 32.6 Å². The van der Waals surface area contributed by atoms with Crippen molar-refractivity contribution in [3.05, 3.63) is 0 Å². The number of ether oxygens (including phenoxy) is 1. The zero-order chi connectivity index (χ0) is 11.4. The summed E-state index contributed by atoms with van der Waals surface area (Å²) in [6.45, 7) is 5.40. The molecule has 2 saturated heterocycles. The highest BCUT2D eigenvalue weighted by Gasteiger charge is 2.27. The molecule has 0 aromatic heterocycles. The highest BCUT2D eigenvalue weighted by molar-refractivity contribution is 5.82. The first-order valence-corrected chi connectivity index (χ1v) is 6.41. The van der Waals surface area contributed by atoms with Gasteiger partial charge in [-0.2, -0.15) is 0 Å². The van der Waals surface area contributed by atoms with Crippen LogP contribution in [0, 0.1) is 0 Å². The van der Waals surface area contributed by atoms with Crippen molar-refractivity contribution in [3.63, 3.8) is 0 Å². The molecule has 0 radical (unpaired) electrons. The van der Waals surface area contributed by atoms with Crippen LogP contribution in [0.5, 0.6) is 0 Å². The molecular weight excluding hydrogens is 204 g/mol. The summed E-state index contributed by atoms with van der Waals surface area (Å²) in [6, 6.07) is 0.0547. The molecule has 2 fully saturated rings. The minimum absolute atomic E-state index is 0.0547. The smallest absolute Gasteiger partial charge is 0.239 e. The highest BCUT2D eigenvalue weighted by atomic mass is 16.5. The molecule has 2 atom stereocenters. The Kier molecular flexibility index (Phi) is 4.18. The Morgan fingerprint density at radius 2 is 2.25 bits per heavy atom. The monoisotopic (exact) mass is 226 g/mol. The van der Waals surface area contributed by atoms with E-state index in [2.05, 4.69) is 5.32 Å². The largest absolute Gasteiger partial charge is 0.377 e. The Hall–Kier alpha value is -0.610. The second-order valence-corrected chi connectivity index (χ2v) is 4.82. The zero-order valence-electron chi connectivity index (χ0n) is 10.1. The second kappa shape index (κ2) is 5.64. The lowest BCUT2D eigenvalue weighted by Gasteiger charge is -2.29. The molecule has 4 heteroatoms. The molecule has 4 nitrogen and oxygen atoms in total. The van der Waals surface area contributed by atoms with Gasteiger partial charge in [-0.25, -0.2) is 0 Å². The lowest BCUT2D eigenvalue weighted by molar-refractivity contribution is -0.134. The molecule has 2 aliphatic rings. The first-order chi connectivity index (χ1) is 7.77. The maximum Gasteiger partial charge on any atom is 0.239 e. The van der Waals surface area contributed by atoms with Crippen molar-refractivity contribution < 1.29 is 9.53 Å². The Morgan fingerprint density at radius 1 is 1.38 bits per heavy atom. The third-order valence-corrected chi connectivity index (χ3v) is 3.37. The fraction of sp³-hybridized carbons (Fsp3) is 0.917. The molecule has 1 amide bonds. The maximum atomic E-state index is 12.3. The van der Waals surface area contributed by atoms with Gasteiger partial charge >= 0.3 is 0 Å². The predicted molar refractivity (Wildman–Crippen MR) is 62.3 cm³/mol. The van der Waals surface area contributed by atoms with Crippen LogP contribution in [0.25, 0.3) is 0 Å².